The highest BCUT2D eigenvalue weighted by molar-refractivity contribution is 5.22. The molecule has 0 amide bonds. The standard InChI is InChI=1S/C12H22N4/c1-4-5-11-12-10(14-8-15(12)2)6-9(7-13)16(11)3/h8-9,11H,4-7,13H2,1-3H3. The van der Waals surface area contributed by atoms with Crippen molar-refractivity contribution >= 4 is 0 Å². The molecule has 0 bridgehead atoms. The van der Waals surface area contributed by atoms with Gasteiger partial charge in [0.05, 0.1) is 23.8 Å². The summed E-state index contributed by atoms with van der Waals surface area (Å²) in [4.78, 5) is 6.93. The summed E-state index contributed by atoms with van der Waals surface area (Å²) in [5.74, 6) is 0. The smallest absolute Gasteiger partial charge is 0.0949 e. The van der Waals surface area contributed by atoms with Crippen molar-refractivity contribution in [1.29, 1.82) is 0 Å². The molecule has 0 aromatic carbocycles. The Bertz CT molecular complexity index is 358. The summed E-state index contributed by atoms with van der Waals surface area (Å²) in [7, 11) is 4.28. The largest absolute Gasteiger partial charge is 0.336 e. The Morgan fingerprint density at radius 3 is 2.88 bits per heavy atom. The Kier molecular flexibility index (Phi) is 3.30. The average molecular weight is 222 g/mol. The van der Waals surface area contributed by atoms with E-state index in [2.05, 4.69) is 35.5 Å². The predicted molar refractivity (Wildman–Crippen MR) is 65.2 cm³/mol. The molecular formula is C12H22N4. The van der Waals surface area contributed by atoms with E-state index in [1.165, 1.54) is 24.2 Å². The number of imidazole rings is 1. The molecule has 90 valence electrons. The minimum atomic E-state index is 0.443. The van der Waals surface area contributed by atoms with E-state index in [1.54, 1.807) is 0 Å². The molecule has 2 rings (SSSR count). The number of rotatable bonds is 3. The van der Waals surface area contributed by atoms with Crippen molar-refractivity contribution in [2.24, 2.45) is 12.8 Å². The molecule has 2 N–H and O–H groups in total. The zero-order valence-corrected chi connectivity index (χ0v) is 10.5. The van der Waals surface area contributed by atoms with Gasteiger partial charge in [-0.3, -0.25) is 4.90 Å². The van der Waals surface area contributed by atoms with Crippen LogP contribution in [-0.2, 0) is 13.5 Å². The first-order valence-corrected chi connectivity index (χ1v) is 6.11. The highest BCUT2D eigenvalue weighted by Gasteiger charge is 2.33. The van der Waals surface area contributed by atoms with Gasteiger partial charge in [0.2, 0.25) is 0 Å². The van der Waals surface area contributed by atoms with E-state index in [1.807, 2.05) is 6.33 Å². The minimum absolute atomic E-state index is 0.443. The van der Waals surface area contributed by atoms with E-state index in [4.69, 9.17) is 5.73 Å². The van der Waals surface area contributed by atoms with E-state index >= 15 is 0 Å². The summed E-state index contributed by atoms with van der Waals surface area (Å²) in [5.41, 5.74) is 8.47. The lowest BCUT2D eigenvalue weighted by atomic mass is 9.94. The van der Waals surface area contributed by atoms with Gasteiger partial charge < -0.3 is 10.3 Å². The zero-order valence-electron chi connectivity index (χ0n) is 10.5. The Morgan fingerprint density at radius 1 is 1.50 bits per heavy atom. The van der Waals surface area contributed by atoms with Gasteiger partial charge in [0.15, 0.2) is 0 Å². The fraction of sp³-hybridized carbons (Fsp3) is 0.750. The average Bonchev–Trinajstić information content (AvgIpc) is 2.64. The molecule has 0 spiro atoms. The van der Waals surface area contributed by atoms with Gasteiger partial charge in [-0.25, -0.2) is 4.98 Å². The van der Waals surface area contributed by atoms with Crippen molar-refractivity contribution in [2.45, 2.75) is 38.3 Å². The molecule has 0 saturated carbocycles. The van der Waals surface area contributed by atoms with Gasteiger partial charge >= 0.3 is 0 Å². The third-order valence-corrected chi connectivity index (χ3v) is 3.71. The van der Waals surface area contributed by atoms with E-state index in [9.17, 15) is 0 Å². The number of aromatic nitrogens is 2. The predicted octanol–water partition coefficient (Wildman–Crippen LogP) is 1.08. The minimum Gasteiger partial charge on any atom is -0.336 e. The molecule has 4 heteroatoms. The third-order valence-electron chi connectivity index (χ3n) is 3.71. The van der Waals surface area contributed by atoms with Crippen molar-refractivity contribution in [3.05, 3.63) is 17.7 Å². The highest BCUT2D eigenvalue weighted by atomic mass is 15.2. The second-order valence-corrected chi connectivity index (χ2v) is 4.75. The maximum Gasteiger partial charge on any atom is 0.0949 e. The summed E-state index contributed by atoms with van der Waals surface area (Å²) in [6.07, 6.45) is 5.29. The van der Waals surface area contributed by atoms with Crippen LogP contribution in [0, 0.1) is 0 Å². The molecule has 1 aromatic rings. The number of hydrogen-bond acceptors (Lipinski definition) is 3. The van der Waals surface area contributed by atoms with Gasteiger partial charge in [-0.1, -0.05) is 13.3 Å². The Hall–Kier alpha value is -0.870. The zero-order chi connectivity index (χ0) is 11.7. The first-order chi connectivity index (χ1) is 7.69. The van der Waals surface area contributed by atoms with Gasteiger partial charge in [-0.15, -0.1) is 0 Å². The maximum atomic E-state index is 5.84. The summed E-state index contributed by atoms with van der Waals surface area (Å²) in [5, 5.41) is 0. The second-order valence-electron chi connectivity index (χ2n) is 4.75. The number of nitrogens with zero attached hydrogens (tertiary/aromatic N) is 3. The van der Waals surface area contributed by atoms with Crippen LogP contribution in [0.5, 0.6) is 0 Å². The Morgan fingerprint density at radius 2 is 2.25 bits per heavy atom. The van der Waals surface area contributed by atoms with Crippen molar-refractivity contribution < 1.29 is 0 Å². The van der Waals surface area contributed by atoms with Gasteiger partial charge in [0, 0.05) is 26.1 Å². The van der Waals surface area contributed by atoms with Crippen LogP contribution >= 0.6 is 0 Å². The van der Waals surface area contributed by atoms with Crippen LogP contribution in [0.4, 0.5) is 0 Å². The van der Waals surface area contributed by atoms with Crippen LogP contribution in [0.1, 0.15) is 37.2 Å². The quantitative estimate of drug-likeness (QED) is 0.832. The van der Waals surface area contributed by atoms with Gasteiger partial charge in [0.1, 0.15) is 0 Å². The number of fused-ring (bicyclic) bond motifs is 1. The molecule has 1 aromatic heterocycles. The van der Waals surface area contributed by atoms with E-state index in [0.29, 0.717) is 18.6 Å². The number of aryl methyl sites for hydroxylation is 1. The molecule has 4 nitrogen and oxygen atoms in total. The van der Waals surface area contributed by atoms with Crippen molar-refractivity contribution in [3.8, 4) is 0 Å². The molecule has 2 unspecified atom stereocenters. The van der Waals surface area contributed by atoms with Gasteiger partial charge in [-0.2, -0.15) is 0 Å². The van der Waals surface area contributed by atoms with Crippen LogP contribution < -0.4 is 5.73 Å². The number of hydrogen-bond donors (Lipinski definition) is 1. The molecule has 0 radical (unpaired) electrons. The summed E-state index contributed by atoms with van der Waals surface area (Å²) >= 11 is 0. The third kappa shape index (κ3) is 1.76. The Balaban J connectivity index is 2.36. The summed E-state index contributed by atoms with van der Waals surface area (Å²) in [6.45, 7) is 2.95. The molecule has 2 atom stereocenters. The van der Waals surface area contributed by atoms with Crippen molar-refractivity contribution in [3.63, 3.8) is 0 Å². The number of nitrogens with two attached hydrogens (primary N) is 1. The van der Waals surface area contributed by atoms with E-state index in [-0.39, 0.29) is 0 Å². The lowest BCUT2D eigenvalue weighted by Gasteiger charge is -2.39. The summed E-state index contributed by atoms with van der Waals surface area (Å²) < 4.78 is 2.17. The molecule has 1 aliphatic rings. The van der Waals surface area contributed by atoms with Gasteiger partial charge in [-0.05, 0) is 13.5 Å². The molecule has 2 heterocycles. The SMILES string of the molecule is CCCC1c2c(ncn2C)CC(CN)N1C. The lowest BCUT2D eigenvalue weighted by molar-refractivity contribution is 0.143. The number of likely N-dealkylation sites (N-methyl/N-ethyl adjacent to an activating group) is 1. The van der Waals surface area contributed by atoms with Crippen LogP contribution in [0.15, 0.2) is 6.33 Å². The van der Waals surface area contributed by atoms with Crippen molar-refractivity contribution in [2.75, 3.05) is 13.6 Å². The van der Waals surface area contributed by atoms with Gasteiger partial charge in [0.25, 0.3) is 0 Å². The topological polar surface area (TPSA) is 47.1 Å². The maximum absolute atomic E-state index is 5.84. The first kappa shape index (κ1) is 11.6. The lowest BCUT2D eigenvalue weighted by Crippen LogP contribution is -2.45. The fourth-order valence-corrected chi connectivity index (χ4v) is 2.75. The van der Waals surface area contributed by atoms with E-state index < -0.39 is 0 Å². The molecule has 0 saturated heterocycles. The van der Waals surface area contributed by atoms with Crippen molar-refractivity contribution in [1.82, 2.24) is 14.5 Å². The van der Waals surface area contributed by atoms with Crippen LogP contribution in [0.25, 0.3) is 0 Å². The second kappa shape index (κ2) is 4.55. The Labute approximate surface area is 97.4 Å². The molecular weight excluding hydrogens is 200 g/mol. The molecule has 0 fully saturated rings. The molecule has 0 aliphatic carbocycles. The van der Waals surface area contributed by atoms with Crippen LogP contribution in [-0.4, -0.2) is 34.1 Å². The van der Waals surface area contributed by atoms with E-state index in [0.717, 1.165) is 6.42 Å². The highest BCUT2D eigenvalue weighted by Crippen LogP contribution is 2.33. The molecule has 1 aliphatic heterocycles. The normalized spacial score (nSPS) is 25.8. The summed E-state index contributed by atoms with van der Waals surface area (Å²) in [6, 6.07) is 0.925. The van der Waals surface area contributed by atoms with Crippen LogP contribution in [0.2, 0.25) is 0 Å². The fourth-order valence-electron chi connectivity index (χ4n) is 2.75. The first-order valence-electron chi connectivity index (χ1n) is 6.11. The monoisotopic (exact) mass is 222 g/mol. The molecule has 16 heavy (non-hydrogen) atoms. The van der Waals surface area contributed by atoms with Crippen LogP contribution in [0.3, 0.4) is 0 Å².